The molecule has 86 valence electrons. The SMILES string of the molecule is CCC(N1CCOCC1)N1CCCC1=O. The summed E-state index contributed by atoms with van der Waals surface area (Å²) in [7, 11) is 0. The number of nitrogens with zero attached hydrogens (tertiary/aromatic N) is 2. The molecule has 0 spiro atoms. The highest BCUT2D eigenvalue weighted by Crippen LogP contribution is 2.19. The van der Waals surface area contributed by atoms with Crippen molar-refractivity contribution < 1.29 is 9.53 Å². The minimum atomic E-state index is 0.309. The monoisotopic (exact) mass is 212 g/mol. The zero-order valence-electron chi connectivity index (χ0n) is 9.45. The lowest BCUT2D eigenvalue weighted by Crippen LogP contribution is -2.52. The smallest absolute Gasteiger partial charge is 0.223 e. The van der Waals surface area contributed by atoms with Crippen LogP contribution in [0.1, 0.15) is 26.2 Å². The number of hydrogen-bond acceptors (Lipinski definition) is 3. The van der Waals surface area contributed by atoms with E-state index in [0.717, 1.165) is 52.1 Å². The number of amides is 1. The molecule has 0 aromatic carbocycles. The van der Waals surface area contributed by atoms with Gasteiger partial charge in [0.15, 0.2) is 0 Å². The molecule has 4 heteroatoms. The van der Waals surface area contributed by atoms with Gasteiger partial charge in [0.05, 0.1) is 19.4 Å². The Morgan fingerprint density at radius 1 is 1.33 bits per heavy atom. The molecule has 0 aliphatic carbocycles. The largest absolute Gasteiger partial charge is 0.379 e. The van der Waals surface area contributed by atoms with Gasteiger partial charge in [-0.1, -0.05) is 6.92 Å². The fourth-order valence-corrected chi connectivity index (χ4v) is 2.54. The normalized spacial score (nSPS) is 25.9. The molecular formula is C11H20N2O2. The highest BCUT2D eigenvalue weighted by molar-refractivity contribution is 5.78. The van der Waals surface area contributed by atoms with E-state index < -0.39 is 0 Å². The number of morpholine rings is 1. The summed E-state index contributed by atoms with van der Waals surface area (Å²) in [5.41, 5.74) is 0. The Morgan fingerprint density at radius 2 is 2.07 bits per heavy atom. The summed E-state index contributed by atoms with van der Waals surface area (Å²) in [6.45, 7) is 6.63. The van der Waals surface area contributed by atoms with E-state index in [2.05, 4.69) is 11.8 Å². The van der Waals surface area contributed by atoms with Crippen molar-refractivity contribution in [3.05, 3.63) is 0 Å². The highest BCUT2D eigenvalue weighted by Gasteiger charge is 2.31. The van der Waals surface area contributed by atoms with Crippen LogP contribution in [0.15, 0.2) is 0 Å². The standard InChI is InChI=1S/C11H20N2O2/c1-2-10(12-6-8-15-9-7-12)13-5-3-4-11(13)14/h10H,2-9H2,1H3. The predicted molar refractivity (Wildman–Crippen MR) is 57.4 cm³/mol. The van der Waals surface area contributed by atoms with Crippen LogP contribution in [0.25, 0.3) is 0 Å². The first-order chi connectivity index (χ1) is 7.33. The van der Waals surface area contributed by atoms with Crippen molar-refractivity contribution in [1.29, 1.82) is 0 Å². The van der Waals surface area contributed by atoms with Crippen molar-refractivity contribution in [3.63, 3.8) is 0 Å². The van der Waals surface area contributed by atoms with E-state index >= 15 is 0 Å². The predicted octanol–water partition coefficient (Wildman–Crippen LogP) is 0.677. The minimum absolute atomic E-state index is 0.309. The molecule has 1 atom stereocenters. The van der Waals surface area contributed by atoms with Gasteiger partial charge >= 0.3 is 0 Å². The van der Waals surface area contributed by atoms with Crippen LogP contribution in [-0.4, -0.2) is 54.7 Å². The number of ether oxygens (including phenoxy) is 1. The van der Waals surface area contributed by atoms with Crippen LogP contribution < -0.4 is 0 Å². The van der Waals surface area contributed by atoms with Gasteiger partial charge in [-0.25, -0.2) is 0 Å². The summed E-state index contributed by atoms with van der Waals surface area (Å²) in [6.07, 6.45) is 3.09. The molecule has 2 fully saturated rings. The average molecular weight is 212 g/mol. The molecule has 1 amide bonds. The number of carbonyl (C=O) groups excluding carboxylic acids is 1. The molecular weight excluding hydrogens is 192 g/mol. The van der Waals surface area contributed by atoms with Crippen molar-refractivity contribution in [2.24, 2.45) is 0 Å². The summed E-state index contributed by atoms with van der Waals surface area (Å²) in [6, 6.07) is 0. The van der Waals surface area contributed by atoms with Gasteiger partial charge in [0.25, 0.3) is 0 Å². The first kappa shape index (κ1) is 10.9. The maximum Gasteiger partial charge on any atom is 0.223 e. The molecule has 0 aromatic rings. The summed E-state index contributed by atoms with van der Waals surface area (Å²) in [4.78, 5) is 16.1. The zero-order valence-corrected chi connectivity index (χ0v) is 9.45. The molecule has 0 aromatic heterocycles. The van der Waals surface area contributed by atoms with Crippen LogP contribution in [0.5, 0.6) is 0 Å². The Bertz CT molecular complexity index is 227. The maximum atomic E-state index is 11.7. The molecule has 2 aliphatic heterocycles. The average Bonchev–Trinajstić information content (AvgIpc) is 2.68. The van der Waals surface area contributed by atoms with Crippen molar-refractivity contribution >= 4 is 5.91 Å². The third-order valence-corrected chi connectivity index (χ3v) is 3.30. The lowest BCUT2D eigenvalue weighted by molar-refractivity contribution is -0.135. The van der Waals surface area contributed by atoms with E-state index in [4.69, 9.17) is 4.74 Å². The van der Waals surface area contributed by atoms with E-state index in [1.54, 1.807) is 0 Å². The fraction of sp³-hybridized carbons (Fsp3) is 0.909. The second-order valence-electron chi connectivity index (χ2n) is 4.23. The Hall–Kier alpha value is -0.610. The second kappa shape index (κ2) is 4.94. The maximum absolute atomic E-state index is 11.7. The van der Waals surface area contributed by atoms with E-state index in [0.29, 0.717) is 12.1 Å². The van der Waals surface area contributed by atoms with E-state index in [9.17, 15) is 4.79 Å². The number of carbonyl (C=O) groups is 1. The Morgan fingerprint density at radius 3 is 2.60 bits per heavy atom. The molecule has 0 N–H and O–H groups in total. The number of likely N-dealkylation sites (tertiary alicyclic amines) is 1. The summed E-state index contributed by atoms with van der Waals surface area (Å²) in [5.74, 6) is 0.327. The second-order valence-corrected chi connectivity index (χ2v) is 4.23. The third-order valence-electron chi connectivity index (χ3n) is 3.30. The molecule has 1 unspecified atom stereocenters. The molecule has 15 heavy (non-hydrogen) atoms. The van der Waals surface area contributed by atoms with Crippen molar-refractivity contribution in [2.45, 2.75) is 32.4 Å². The summed E-state index contributed by atoms with van der Waals surface area (Å²) < 4.78 is 5.34. The zero-order chi connectivity index (χ0) is 10.7. The van der Waals surface area contributed by atoms with Gasteiger partial charge in [0.1, 0.15) is 0 Å². The van der Waals surface area contributed by atoms with Crippen LogP contribution in [0, 0.1) is 0 Å². The first-order valence-electron chi connectivity index (χ1n) is 5.94. The lowest BCUT2D eigenvalue weighted by atomic mass is 10.2. The van der Waals surface area contributed by atoms with Gasteiger partial charge in [-0.2, -0.15) is 0 Å². The van der Waals surface area contributed by atoms with Crippen molar-refractivity contribution in [3.8, 4) is 0 Å². The Labute approximate surface area is 91.2 Å². The van der Waals surface area contributed by atoms with Crippen LogP contribution in [0.3, 0.4) is 0 Å². The Kier molecular flexibility index (Phi) is 3.59. The molecule has 2 aliphatic rings. The van der Waals surface area contributed by atoms with Crippen molar-refractivity contribution in [2.75, 3.05) is 32.8 Å². The summed E-state index contributed by atoms with van der Waals surface area (Å²) >= 11 is 0. The molecule has 4 nitrogen and oxygen atoms in total. The molecule has 2 rings (SSSR count). The van der Waals surface area contributed by atoms with Gasteiger partial charge < -0.3 is 9.64 Å². The van der Waals surface area contributed by atoms with Crippen LogP contribution in [0.2, 0.25) is 0 Å². The quantitative estimate of drug-likeness (QED) is 0.689. The Balaban J connectivity index is 1.98. The third kappa shape index (κ3) is 2.32. The molecule has 0 bridgehead atoms. The fourth-order valence-electron chi connectivity index (χ4n) is 2.54. The summed E-state index contributed by atoms with van der Waals surface area (Å²) in [5, 5.41) is 0. The van der Waals surface area contributed by atoms with Crippen molar-refractivity contribution in [1.82, 2.24) is 9.80 Å². The van der Waals surface area contributed by atoms with Gasteiger partial charge in [-0.3, -0.25) is 9.69 Å². The number of rotatable bonds is 3. The van der Waals surface area contributed by atoms with Crippen LogP contribution in [0.4, 0.5) is 0 Å². The highest BCUT2D eigenvalue weighted by atomic mass is 16.5. The molecule has 0 radical (unpaired) electrons. The molecule has 0 saturated carbocycles. The van der Waals surface area contributed by atoms with E-state index in [-0.39, 0.29) is 0 Å². The topological polar surface area (TPSA) is 32.8 Å². The first-order valence-corrected chi connectivity index (χ1v) is 5.94. The lowest BCUT2D eigenvalue weighted by Gasteiger charge is -2.39. The van der Waals surface area contributed by atoms with Gasteiger partial charge in [-0.15, -0.1) is 0 Å². The van der Waals surface area contributed by atoms with E-state index in [1.807, 2.05) is 4.90 Å². The van der Waals surface area contributed by atoms with E-state index in [1.165, 1.54) is 0 Å². The molecule has 2 saturated heterocycles. The van der Waals surface area contributed by atoms with Crippen LogP contribution in [-0.2, 0) is 9.53 Å². The van der Waals surface area contributed by atoms with Gasteiger partial charge in [-0.05, 0) is 12.8 Å². The number of hydrogen-bond donors (Lipinski definition) is 0. The minimum Gasteiger partial charge on any atom is -0.379 e. The van der Waals surface area contributed by atoms with Gasteiger partial charge in [0, 0.05) is 26.1 Å². The molecule has 2 heterocycles. The van der Waals surface area contributed by atoms with Gasteiger partial charge in [0.2, 0.25) is 5.91 Å². The van der Waals surface area contributed by atoms with Crippen LogP contribution >= 0.6 is 0 Å².